The Morgan fingerprint density at radius 2 is 1.65 bits per heavy atom. The minimum Gasteiger partial charge on any atom is -0.354 e. The van der Waals surface area contributed by atoms with Crippen LogP contribution in [-0.4, -0.2) is 18.9 Å². The van der Waals surface area contributed by atoms with E-state index >= 15 is 0 Å². The average Bonchev–Trinajstić information content (AvgIpc) is 2.53. The number of hydrogen-bond acceptors (Lipinski definition) is 2. The van der Waals surface area contributed by atoms with Crippen molar-refractivity contribution >= 4 is 11.8 Å². The molecule has 1 aliphatic carbocycles. The van der Waals surface area contributed by atoms with Crippen LogP contribution < -0.4 is 10.6 Å². The predicted molar refractivity (Wildman–Crippen MR) is 78.1 cm³/mol. The van der Waals surface area contributed by atoms with Gasteiger partial charge in [0.1, 0.15) is 5.70 Å². The Bertz CT molecular complexity index is 513. The molecule has 4 heteroatoms. The van der Waals surface area contributed by atoms with Gasteiger partial charge in [0.15, 0.2) is 0 Å². The number of likely N-dealkylation sites (N-methyl/N-ethyl adjacent to an activating group) is 1. The van der Waals surface area contributed by atoms with Crippen molar-refractivity contribution in [3.8, 4) is 0 Å². The molecule has 0 unspecified atom stereocenters. The fourth-order valence-corrected chi connectivity index (χ4v) is 2.43. The fourth-order valence-electron chi connectivity index (χ4n) is 2.43. The van der Waals surface area contributed by atoms with E-state index in [-0.39, 0.29) is 11.8 Å². The second-order valence-corrected chi connectivity index (χ2v) is 4.94. The molecule has 0 aromatic heterocycles. The van der Waals surface area contributed by atoms with E-state index in [9.17, 15) is 9.59 Å². The van der Waals surface area contributed by atoms with Gasteiger partial charge in [-0.3, -0.25) is 9.59 Å². The molecule has 1 aromatic carbocycles. The number of carbonyl (C=O) groups is 2. The Balaban J connectivity index is 2.20. The van der Waals surface area contributed by atoms with Gasteiger partial charge in [-0.05, 0) is 43.4 Å². The number of nitrogens with one attached hydrogen (secondary N) is 2. The number of carbonyl (C=O) groups excluding carboxylic acids is 2. The van der Waals surface area contributed by atoms with Crippen molar-refractivity contribution in [2.75, 3.05) is 7.05 Å². The minimum absolute atomic E-state index is 0.216. The van der Waals surface area contributed by atoms with Crippen LogP contribution >= 0.6 is 0 Å². The molecular weight excluding hydrogens is 252 g/mol. The van der Waals surface area contributed by atoms with Gasteiger partial charge in [0.25, 0.3) is 11.8 Å². The van der Waals surface area contributed by atoms with E-state index in [1.165, 1.54) is 6.42 Å². The highest BCUT2D eigenvalue weighted by molar-refractivity contribution is 6.03. The van der Waals surface area contributed by atoms with E-state index < -0.39 is 0 Å². The first-order valence-corrected chi connectivity index (χ1v) is 7.03. The van der Waals surface area contributed by atoms with Gasteiger partial charge in [-0.15, -0.1) is 0 Å². The average molecular weight is 272 g/mol. The van der Waals surface area contributed by atoms with E-state index in [4.69, 9.17) is 0 Å². The number of amides is 2. The molecular formula is C16H20N2O2. The van der Waals surface area contributed by atoms with Crippen LogP contribution in [0.4, 0.5) is 0 Å². The Hall–Kier alpha value is -2.10. The van der Waals surface area contributed by atoms with Gasteiger partial charge in [-0.25, -0.2) is 0 Å². The molecule has 0 aliphatic heterocycles. The summed E-state index contributed by atoms with van der Waals surface area (Å²) in [5, 5.41) is 5.39. The van der Waals surface area contributed by atoms with Crippen LogP contribution in [-0.2, 0) is 4.79 Å². The topological polar surface area (TPSA) is 58.2 Å². The van der Waals surface area contributed by atoms with Crippen molar-refractivity contribution < 1.29 is 9.59 Å². The van der Waals surface area contributed by atoms with Crippen LogP contribution in [0, 0.1) is 0 Å². The van der Waals surface area contributed by atoms with Crippen molar-refractivity contribution in [2.24, 2.45) is 0 Å². The van der Waals surface area contributed by atoms with Crippen LogP contribution in [0.25, 0.3) is 0 Å². The van der Waals surface area contributed by atoms with E-state index in [1.54, 1.807) is 19.2 Å². The first-order chi connectivity index (χ1) is 9.72. The highest BCUT2D eigenvalue weighted by atomic mass is 16.2. The molecule has 1 fully saturated rings. The lowest BCUT2D eigenvalue weighted by Gasteiger charge is -2.19. The van der Waals surface area contributed by atoms with Crippen molar-refractivity contribution in [1.29, 1.82) is 0 Å². The van der Waals surface area contributed by atoms with E-state index in [0.717, 1.165) is 31.3 Å². The second-order valence-electron chi connectivity index (χ2n) is 4.94. The van der Waals surface area contributed by atoms with Gasteiger partial charge in [0.05, 0.1) is 0 Å². The second kappa shape index (κ2) is 6.89. The Labute approximate surface area is 119 Å². The zero-order valence-electron chi connectivity index (χ0n) is 11.7. The third kappa shape index (κ3) is 3.47. The molecule has 106 valence electrons. The normalized spacial score (nSPS) is 14.6. The number of allylic oxidation sites excluding steroid dienone is 1. The van der Waals surface area contributed by atoms with Crippen LogP contribution in [0.15, 0.2) is 41.6 Å². The maximum atomic E-state index is 12.2. The Morgan fingerprint density at radius 1 is 1.00 bits per heavy atom. The lowest BCUT2D eigenvalue weighted by atomic mass is 9.93. The van der Waals surface area contributed by atoms with Crippen molar-refractivity contribution in [3.05, 3.63) is 47.2 Å². The molecule has 20 heavy (non-hydrogen) atoms. The summed E-state index contributed by atoms with van der Waals surface area (Å²) in [6.45, 7) is 0. The lowest BCUT2D eigenvalue weighted by molar-refractivity contribution is -0.117. The molecule has 0 atom stereocenters. The van der Waals surface area contributed by atoms with Crippen molar-refractivity contribution in [2.45, 2.75) is 32.1 Å². The first-order valence-electron chi connectivity index (χ1n) is 7.03. The van der Waals surface area contributed by atoms with Gasteiger partial charge in [-0.2, -0.15) is 0 Å². The van der Waals surface area contributed by atoms with Gasteiger partial charge >= 0.3 is 0 Å². The zero-order chi connectivity index (χ0) is 14.4. The monoisotopic (exact) mass is 272 g/mol. The zero-order valence-corrected chi connectivity index (χ0v) is 11.7. The smallest absolute Gasteiger partial charge is 0.267 e. The molecule has 4 nitrogen and oxygen atoms in total. The summed E-state index contributed by atoms with van der Waals surface area (Å²) in [5.74, 6) is -0.451. The van der Waals surface area contributed by atoms with Crippen molar-refractivity contribution in [3.63, 3.8) is 0 Å². The fraction of sp³-hybridized carbons (Fsp3) is 0.375. The maximum Gasteiger partial charge on any atom is 0.267 e. The summed E-state index contributed by atoms with van der Waals surface area (Å²) in [4.78, 5) is 24.2. The highest BCUT2D eigenvalue weighted by Gasteiger charge is 2.19. The highest BCUT2D eigenvalue weighted by Crippen LogP contribution is 2.25. The summed E-state index contributed by atoms with van der Waals surface area (Å²) >= 11 is 0. The van der Waals surface area contributed by atoms with Crippen molar-refractivity contribution in [1.82, 2.24) is 10.6 Å². The van der Waals surface area contributed by atoms with E-state index in [2.05, 4.69) is 10.6 Å². The summed E-state index contributed by atoms with van der Waals surface area (Å²) in [7, 11) is 1.58. The first kappa shape index (κ1) is 14.3. The molecule has 1 aromatic rings. The standard InChI is InChI=1S/C16H20N2O2/c1-17-16(20)14(12-8-4-2-5-9-12)18-15(19)13-10-6-3-7-11-13/h3,6-7,10-11H,2,4-5,8-9H2,1H3,(H,17,20)(H,18,19). The molecule has 2 N–H and O–H groups in total. The number of hydrogen-bond donors (Lipinski definition) is 2. The molecule has 0 radical (unpaired) electrons. The van der Waals surface area contributed by atoms with Crippen LogP contribution in [0.1, 0.15) is 42.5 Å². The minimum atomic E-state index is -0.234. The largest absolute Gasteiger partial charge is 0.354 e. The van der Waals surface area contributed by atoms with Gasteiger partial charge in [0, 0.05) is 12.6 Å². The quantitative estimate of drug-likeness (QED) is 0.830. The molecule has 0 spiro atoms. The summed E-state index contributed by atoms with van der Waals surface area (Å²) in [6, 6.07) is 8.95. The number of rotatable bonds is 3. The Kier molecular flexibility index (Phi) is 4.93. The van der Waals surface area contributed by atoms with Crippen LogP contribution in [0.5, 0.6) is 0 Å². The molecule has 0 heterocycles. The third-order valence-corrected chi connectivity index (χ3v) is 3.54. The van der Waals surface area contributed by atoms with Gasteiger partial charge in [0.2, 0.25) is 0 Å². The van der Waals surface area contributed by atoms with E-state index in [0.29, 0.717) is 11.3 Å². The molecule has 2 amide bonds. The summed E-state index contributed by atoms with van der Waals surface area (Å²) in [6.07, 6.45) is 5.13. The molecule has 1 aliphatic rings. The predicted octanol–water partition coefficient (Wildman–Crippen LogP) is 2.38. The Morgan fingerprint density at radius 3 is 2.25 bits per heavy atom. The van der Waals surface area contributed by atoms with Gasteiger partial charge in [-0.1, -0.05) is 24.6 Å². The molecule has 1 saturated carbocycles. The summed E-state index contributed by atoms with van der Waals surface area (Å²) in [5.41, 5.74) is 2.05. The van der Waals surface area contributed by atoms with E-state index in [1.807, 2.05) is 18.2 Å². The van der Waals surface area contributed by atoms with Crippen LogP contribution in [0.3, 0.4) is 0 Å². The molecule has 2 rings (SSSR count). The molecule has 0 bridgehead atoms. The number of benzene rings is 1. The van der Waals surface area contributed by atoms with Crippen LogP contribution in [0.2, 0.25) is 0 Å². The molecule has 0 saturated heterocycles. The lowest BCUT2D eigenvalue weighted by Crippen LogP contribution is -2.34. The van der Waals surface area contributed by atoms with Gasteiger partial charge < -0.3 is 10.6 Å². The maximum absolute atomic E-state index is 12.2. The summed E-state index contributed by atoms with van der Waals surface area (Å²) < 4.78 is 0. The SMILES string of the molecule is CNC(=O)C(NC(=O)c1ccccc1)=C1CCCCC1. The third-order valence-electron chi connectivity index (χ3n) is 3.54.